The van der Waals surface area contributed by atoms with E-state index in [0.29, 0.717) is 23.3 Å². The average molecular weight is 612 g/mol. The van der Waals surface area contributed by atoms with Gasteiger partial charge >= 0.3 is 31.3 Å². The number of hydrogen-bond donors (Lipinski definition) is 0. The number of benzene rings is 3. The first kappa shape index (κ1) is 26.9. The van der Waals surface area contributed by atoms with Crippen LogP contribution in [0.2, 0.25) is 0 Å². The molecule has 0 aliphatic heterocycles. The fourth-order valence-electron chi connectivity index (χ4n) is 6.31. The van der Waals surface area contributed by atoms with Gasteiger partial charge in [0.15, 0.2) is 0 Å². The van der Waals surface area contributed by atoms with Crippen LogP contribution in [0.25, 0.3) is 0 Å². The lowest BCUT2D eigenvalue weighted by Gasteiger charge is -2.59. The Balaban J connectivity index is 1.72. The fourth-order valence-corrected chi connectivity index (χ4v) is 7.27. The molecule has 0 aromatic heterocycles. The van der Waals surface area contributed by atoms with Gasteiger partial charge < -0.3 is 8.37 Å². The summed E-state index contributed by atoms with van der Waals surface area (Å²) in [5.41, 5.74) is -12.5. The first-order chi connectivity index (χ1) is 19.0. The highest BCUT2D eigenvalue weighted by atomic mass is 32.2. The molecule has 3 aromatic rings. The summed E-state index contributed by atoms with van der Waals surface area (Å²) in [6.07, 6.45) is 0. The number of alkyl halides is 6. The van der Waals surface area contributed by atoms with Crippen LogP contribution in [0.4, 0.5) is 26.3 Å². The van der Waals surface area contributed by atoms with Gasteiger partial charge in [0.25, 0.3) is 0 Å². The van der Waals surface area contributed by atoms with Crippen molar-refractivity contribution in [2.45, 2.75) is 28.3 Å². The van der Waals surface area contributed by atoms with E-state index in [2.05, 4.69) is 8.37 Å². The minimum atomic E-state index is -6.31. The third-order valence-corrected chi connectivity index (χ3v) is 9.51. The minimum Gasteiger partial charge on any atom is -0.376 e. The van der Waals surface area contributed by atoms with Crippen LogP contribution in [0.5, 0.6) is 11.5 Å². The normalized spacial score (nSPS) is 21.9. The molecule has 16 heteroatoms. The number of fused-ring (bicyclic) bond motifs is 7. The molecule has 0 radical (unpaired) electrons. The van der Waals surface area contributed by atoms with Crippen molar-refractivity contribution in [3.63, 3.8) is 0 Å². The van der Waals surface area contributed by atoms with Gasteiger partial charge in [-0.25, -0.2) is 0 Å². The Morgan fingerprint density at radius 1 is 0.634 bits per heavy atom. The molecule has 8 nitrogen and oxygen atoms in total. The van der Waals surface area contributed by atoms with Gasteiger partial charge in [-0.05, 0) is 46.5 Å². The molecule has 0 amide bonds. The van der Waals surface area contributed by atoms with Crippen molar-refractivity contribution >= 4 is 20.2 Å². The molecule has 0 heterocycles. The summed E-state index contributed by atoms with van der Waals surface area (Å²) in [6, 6.07) is 13.9. The van der Waals surface area contributed by atoms with E-state index >= 15 is 0 Å². The fraction of sp³-hybridized carbons (Fsp3) is 0.200. The molecule has 0 fully saturated rings. The molecule has 210 valence electrons. The highest BCUT2D eigenvalue weighted by molar-refractivity contribution is 7.88. The average Bonchev–Trinajstić information content (AvgIpc) is 3.08. The summed E-state index contributed by atoms with van der Waals surface area (Å²) in [4.78, 5) is 0. The molecule has 0 saturated heterocycles. The lowest BCUT2D eigenvalue weighted by Crippen LogP contribution is -2.53. The zero-order chi connectivity index (χ0) is 29.9. The third kappa shape index (κ3) is 3.20. The van der Waals surface area contributed by atoms with E-state index in [1.54, 1.807) is 12.1 Å². The van der Waals surface area contributed by atoms with Crippen LogP contribution in [0.15, 0.2) is 48.5 Å². The second-order valence-electron chi connectivity index (χ2n) is 9.35. The van der Waals surface area contributed by atoms with Crippen molar-refractivity contribution in [1.29, 1.82) is 10.5 Å². The van der Waals surface area contributed by atoms with Crippen LogP contribution in [-0.2, 0) is 25.7 Å². The zero-order valence-electron chi connectivity index (χ0n) is 19.7. The van der Waals surface area contributed by atoms with Crippen LogP contribution in [0, 0.1) is 22.7 Å². The van der Waals surface area contributed by atoms with Gasteiger partial charge in [-0.15, -0.1) is 0 Å². The lowest BCUT2D eigenvalue weighted by molar-refractivity contribution is -0.0506. The van der Waals surface area contributed by atoms with E-state index in [1.807, 2.05) is 12.1 Å². The molecule has 3 aliphatic carbocycles. The van der Waals surface area contributed by atoms with E-state index in [1.165, 1.54) is 24.3 Å². The van der Waals surface area contributed by atoms with Gasteiger partial charge in [-0.3, -0.25) is 0 Å². The summed E-state index contributed by atoms with van der Waals surface area (Å²) in [5, 5.41) is 19.5. The van der Waals surface area contributed by atoms with Gasteiger partial charge in [-0.1, -0.05) is 24.3 Å². The smallest absolute Gasteiger partial charge is 0.376 e. The Bertz CT molecular complexity index is 1860. The Morgan fingerprint density at radius 3 is 1.32 bits per heavy atom. The number of nitrogens with zero attached hydrogens (tertiary/aromatic N) is 2. The van der Waals surface area contributed by atoms with Crippen LogP contribution < -0.4 is 8.37 Å². The maximum atomic E-state index is 13.3. The molecule has 0 N–H and O–H groups in total. The van der Waals surface area contributed by atoms with Crippen molar-refractivity contribution in [3.8, 4) is 23.6 Å². The Kier molecular flexibility index (Phi) is 5.20. The van der Waals surface area contributed by atoms with Gasteiger partial charge in [0.05, 0.1) is 23.3 Å². The highest BCUT2D eigenvalue weighted by Crippen LogP contribution is 2.80. The predicted octanol–water partition coefficient (Wildman–Crippen LogP) is 4.78. The number of hydrogen-bond acceptors (Lipinski definition) is 8. The standard InChI is InChI=1S/C25H10F6N2O6S2/c26-24(27,28)40(34,35)38-15-7-8-16(39-41(36,37)25(29,30)31)20-19(15)21-17-11(9-32)3-1-5-13(17)23(21)14-6-2-4-12(10-33)18(14)22(20)23/h1-8,21-22H. The Labute approximate surface area is 227 Å². The van der Waals surface area contributed by atoms with Crippen molar-refractivity contribution in [2.24, 2.45) is 0 Å². The van der Waals surface area contributed by atoms with E-state index < -0.39 is 71.1 Å². The van der Waals surface area contributed by atoms with Crippen molar-refractivity contribution in [1.82, 2.24) is 0 Å². The first-order valence-corrected chi connectivity index (χ1v) is 14.1. The Hall–Kier alpha value is -4.28. The maximum Gasteiger partial charge on any atom is 0.534 e. The first-order valence-electron chi connectivity index (χ1n) is 11.3. The van der Waals surface area contributed by atoms with Crippen molar-refractivity contribution in [3.05, 3.63) is 93.0 Å². The molecule has 0 bridgehead atoms. The highest BCUT2D eigenvalue weighted by Gasteiger charge is 2.72. The summed E-state index contributed by atoms with van der Waals surface area (Å²) in [7, 11) is -12.6. The van der Waals surface area contributed by atoms with Crippen LogP contribution in [-0.4, -0.2) is 27.9 Å². The SMILES string of the molecule is N#Cc1cccc2c1C1c3c(OS(=O)(=O)C(F)(F)F)ccc(OS(=O)(=O)C(F)(F)F)c3C3c4c(C#N)cccc4C213. The van der Waals surface area contributed by atoms with Crippen molar-refractivity contribution in [2.75, 3.05) is 0 Å². The number of halogens is 6. The van der Waals surface area contributed by atoms with E-state index in [-0.39, 0.29) is 22.3 Å². The molecule has 3 aliphatic rings. The molecule has 1 spiro atoms. The van der Waals surface area contributed by atoms with Gasteiger partial charge in [0.2, 0.25) is 0 Å². The van der Waals surface area contributed by atoms with Gasteiger partial charge in [0.1, 0.15) is 11.5 Å². The predicted molar refractivity (Wildman–Crippen MR) is 124 cm³/mol. The summed E-state index contributed by atoms with van der Waals surface area (Å²) >= 11 is 0. The molecule has 41 heavy (non-hydrogen) atoms. The van der Waals surface area contributed by atoms with Gasteiger partial charge in [0, 0.05) is 28.4 Å². The zero-order valence-corrected chi connectivity index (χ0v) is 21.3. The Morgan fingerprint density at radius 2 is 1.00 bits per heavy atom. The topological polar surface area (TPSA) is 134 Å². The minimum absolute atomic E-state index is 0.0356. The second-order valence-corrected chi connectivity index (χ2v) is 12.4. The van der Waals surface area contributed by atoms with E-state index in [0.717, 1.165) is 0 Å². The second kappa shape index (κ2) is 7.92. The monoisotopic (exact) mass is 612 g/mol. The summed E-state index contributed by atoms with van der Waals surface area (Å²) in [5.74, 6) is -4.22. The van der Waals surface area contributed by atoms with Crippen LogP contribution in [0.3, 0.4) is 0 Å². The maximum absolute atomic E-state index is 13.3. The van der Waals surface area contributed by atoms with E-state index in [9.17, 15) is 53.7 Å². The molecule has 6 rings (SSSR count). The molecular formula is C25H10F6N2O6S2. The molecule has 0 saturated carbocycles. The molecular weight excluding hydrogens is 602 g/mol. The molecule has 2 unspecified atom stereocenters. The number of rotatable bonds is 4. The van der Waals surface area contributed by atoms with Crippen LogP contribution >= 0.6 is 0 Å². The molecule has 2 atom stereocenters. The quantitative estimate of drug-likeness (QED) is 0.234. The van der Waals surface area contributed by atoms with Crippen molar-refractivity contribution < 1.29 is 51.5 Å². The van der Waals surface area contributed by atoms with Crippen LogP contribution in [0.1, 0.15) is 56.3 Å². The van der Waals surface area contributed by atoms with Gasteiger partial charge in [-0.2, -0.15) is 53.7 Å². The largest absolute Gasteiger partial charge is 0.534 e. The summed E-state index contributed by atoms with van der Waals surface area (Å²) < 4.78 is 137. The summed E-state index contributed by atoms with van der Waals surface area (Å²) in [6.45, 7) is 0. The molecule has 3 aromatic carbocycles. The van der Waals surface area contributed by atoms with E-state index in [4.69, 9.17) is 0 Å². The lowest BCUT2D eigenvalue weighted by atomic mass is 9.42. The number of nitriles is 2. The third-order valence-electron chi connectivity index (χ3n) is 7.58.